The number of phenols is 1. The summed E-state index contributed by atoms with van der Waals surface area (Å²) >= 11 is 0. The van der Waals surface area contributed by atoms with Gasteiger partial charge in [0.2, 0.25) is 0 Å². The second kappa shape index (κ2) is 7.31. The minimum Gasteiger partial charge on any atom is -0.508 e. The van der Waals surface area contributed by atoms with Crippen molar-refractivity contribution in [1.29, 1.82) is 0 Å². The molecule has 1 fully saturated rings. The molecule has 1 aromatic carbocycles. The van der Waals surface area contributed by atoms with Crippen LogP contribution in [0.1, 0.15) is 44.1 Å². The predicted octanol–water partition coefficient (Wildman–Crippen LogP) is 4.69. The zero-order valence-electron chi connectivity index (χ0n) is 14.0. The Labute approximate surface area is 134 Å². The first-order chi connectivity index (χ1) is 10.4. The van der Waals surface area contributed by atoms with Gasteiger partial charge in [0.1, 0.15) is 11.9 Å². The molecule has 0 spiro atoms. The molecule has 1 heterocycles. The summed E-state index contributed by atoms with van der Waals surface area (Å²) in [7, 11) is -1.15. The monoisotopic (exact) mass is 320 g/mol. The van der Waals surface area contributed by atoms with Crippen molar-refractivity contribution in [2.45, 2.75) is 69.8 Å². The van der Waals surface area contributed by atoms with E-state index in [4.69, 9.17) is 4.74 Å². The van der Waals surface area contributed by atoms with Gasteiger partial charge in [-0.3, -0.25) is 4.79 Å². The number of rotatable bonds is 7. The van der Waals surface area contributed by atoms with Crippen molar-refractivity contribution in [2.75, 3.05) is 0 Å². The van der Waals surface area contributed by atoms with Gasteiger partial charge in [-0.1, -0.05) is 57.1 Å². The Balaban J connectivity index is 1.88. The lowest BCUT2D eigenvalue weighted by molar-refractivity contribution is -0.142. The van der Waals surface area contributed by atoms with Crippen molar-refractivity contribution in [1.82, 2.24) is 0 Å². The van der Waals surface area contributed by atoms with E-state index < -0.39 is 8.07 Å². The van der Waals surface area contributed by atoms with Gasteiger partial charge in [-0.2, -0.15) is 0 Å². The molecule has 0 amide bonds. The molecule has 1 aliphatic heterocycles. The first-order valence-electron chi connectivity index (χ1n) is 8.41. The standard InChI is InChI=1S/C18H28O3Si/c1-4-5-11-22(2,3)12-10-16-13-17(18(20)21-16)14-6-8-15(19)9-7-14/h6-9,16-17,19H,4-5,10-13H2,1-3H3/t16-,17-/m1/s1. The van der Waals surface area contributed by atoms with Crippen molar-refractivity contribution in [3.63, 3.8) is 0 Å². The molecular formula is C18H28O3Si. The maximum Gasteiger partial charge on any atom is 0.313 e. The molecule has 22 heavy (non-hydrogen) atoms. The predicted molar refractivity (Wildman–Crippen MR) is 92.0 cm³/mol. The summed E-state index contributed by atoms with van der Waals surface area (Å²) in [5, 5.41) is 9.35. The number of carbonyl (C=O) groups is 1. The SMILES string of the molecule is CCCC[Si](C)(C)CC[C@@H]1C[C@H](c2ccc(O)cc2)C(=O)O1. The van der Waals surface area contributed by atoms with Crippen LogP contribution >= 0.6 is 0 Å². The third kappa shape index (κ3) is 4.60. The average molecular weight is 321 g/mol. The van der Waals surface area contributed by atoms with Crippen LogP contribution < -0.4 is 0 Å². The number of benzene rings is 1. The van der Waals surface area contributed by atoms with Crippen LogP contribution in [0.15, 0.2) is 24.3 Å². The second-order valence-corrected chi connectivity index (χ2v) is 12.6. The van der Waals surface area contributed by atoms with Crippen molar-refractivity contribution in [3.05, 3.63) is 29.8 Å². The van der Waals surface area contributed by atoms with Crippen LogP contribution in [0, 0.1) is 0 Å². The Bertz CT molecular complexity index is 496. The van der Waals surface area contributed by atoms with Crippen LogP contribution in [-0.4, -0.2) is 25.3 Å². The van der Waals surface area contributed by atoms with Crippen LogP contribution in [-0.2, 0) is 9.53 Å². The van der Waals surface area contributed by atoms with Crippen LogP contribution in [0.2, 0.25) is 25.2 Å². The van der Waals surface area contributed by atoms with Crippen LogP contribution in [0.3, 0.4) is 0 Å². The van der Waals surface area contributed by atoms with E-state index >= 15 is 0 Å². The number of hydrogen-bond acceptors (Lipinski definition) is 3. The molecular weight excluding hydrogens is 292 g/mol. The normalized spacial score (nSPS) is 21.9. The molecule has 0 unspecified atom stereocenters. The molecule has 1 saturated heterocycles. The number of ether oxygens (including phenoxy) is 1. The minimum atomic E-state index is -1.15. The second-order valence-electron chi connectivity index (χ2n) is 7.25. The summed E-state index contributed by atoms with van der Waals surface area (Å²) in [5.41, 5.74) is 0.952. The van der Waals surface area contributed by atoms with Gasteiger partial charge in [0.15, 0.2) is 0 Å². The Hall–Kier alpha value is -1.29. The van der Waals surface area contributed by atoms with E-state index in [9.17, 15) is 9.90 Å². The van der Waals surface area contributed by atoms with Gasteiger partial charge in [-0.15, -0.1) is 0 Å². The zero-order valence-corrected chi connectivity index (χ0v) is 15.0. The first-order valence-corrected chi connectivity index (χ1v) is 11.8. The number of hydrogen-bond donors (Lipinski definition) is 1. The Kier molecular flexibility index (Phi) is 5.67. The fraction of sp³-hybridized carbons (Fsp3) is 0.611. The van der Waals surface area contributed by atoms with Gasteiger partial charge in [0.25, 0.3) is 0 Å². The number of esters is 1. The van der Waals surface area contributed by atoms with Crippen molar-refractivity contribution in [3.8, 4) is 5.75 Å². The van der Waals surface area contributed by atoms with E-state index in [1.807, 2.05) is 12.1 Å². The average Bonchev–Trinajstić information content (AvgIpc) is 2.85. The van der Waals surface area contributed by atoms with E-state index in [0.29, 0.717) is 0 Å². The summed E-state index contributed by atoms with van der Waals surface area (Å²) in [6, 6.07) is 9.51. The number of phenolic OH excluding ortho intramolecular Hbond substituents is 1. The summed E-state index contributed by atoms with van der Waals surface area (Å²) in [5.74, 6) is -0.0370. The van der Waals surface area contributed by atoms with E-state index in [2.05, 4.69) is 20.0 Å². The quantitative estimate of drug-likeness (QED) is 0.585. The molecule has 2 atom stereocenters. The van der Waals surface area contributed by atoms with Gasteiger partial charge in [0.05, 0.1) is 5.92 Å². The van der Waals surface area contributed by atoms with Crippen molar-refractivity contribution < 1.29 is 14.6 Å². The van der Waals surface area contributed by atoms with Gasteiger partial charge < -0.3 is 9.84 Å². The molecule has 1 aromatic rings. The van der Waals surface area contributed by atoms with Crippen molar-refractivity contribution in [2.24, 2.45) is 0 Å². The molecule has 2 rings (SSSR count). The number of unbranched alkanes of at least 4 members (excludes halogenated alkanes) is 1. The summed E-state index contributed by atoms with van der Waals surface area (Å²) < 4.78 is 5.58. The highest BCUT2D eigenvalue weighted by molar-refractivity contribution is 6.77. The smallest absolute Gasteiger partial charge is 0.313 e. The number of carbonyl (C=O) groups excluding carboxylic acids is 1. The lowest BCUT2D eigenvalue weighted by Gasteiger charge is -2.23. The highest BCUT2D eigenvalue weighted by atomic mass is 28.3. The molecule has 1 aliphatic rings. The first kappa shape index (κ1) is 17.1. The Morgan fingerprint density at radius 2 is 1.91 bits per heavy atom. The summed E-state index contributed by atoms with van der Waals surface area (Å²) in [4.78, 5) is 12.1. The summed E-state index contributed by atoms with van der Waals surface area (Å²) in [6.45, 7) is 7.12. The maximum absolute atomic E-state index is 12.1. The van der Waals surface area contributed by atoms with E-state index in [-0.39, 0.29) is 23.7 Å². The minimum absolute atomic E-state index is 0.0692. The molecule has 4 heteroatoms. The van der Waals surface area contributed by atoms with Crippen molar-refractivity contribution >= 4 is 14.0 Å². The topological polar surface area (TPSA) is 46.5 Å². The number of aromatic hydroxyl groups is 1. The molecule has 0 aliphatic carbocycles. The van der Waals surface area contributed by atoms with Gasteiger partial charge in [-0.05, 0) is 24.1 Å². The van der Waals surface area contributed by atoms with Gasteiger partial charge in [0, 0.05) is 14.5 Å². The third-order valence-electron chi connectivity index (χ3n) is 4.71. The maximum atomic E-state index is 12.1. The van der Waals surface area contributed by atoms with Crippen LogP contribution in [0.5, 0.6) is 5.75 Å². The van der Waals surface area contributed by atoms with E-state index in [0.717, 1.165) is 18.4 Å². The fourth-order valence-electron chi connectivity index (χ4n) is 3.14. The zero-order chi connectivity index (χ0) is 16.2. The van der Waals surface area contributed by atoms with Crippen LogP contribution in [0.25, 0.3) is 0 Å². The highest BCUT2D eigenvalue weighted by Gasteiger charge is 2.36. The van der Waals surface area contributed by atoms with E-state index in [1.165, 1.54) is 24.9 Å². The molecule has 0 radical (unpaired) electrons. The van der Waals surface area contributed by atoms with Crippen LogP contribution in [0.4, 0.5) is 0 Å². The molecule has 0 bridgehead atoms. The molecule has 0 saturated carbocycles. The van der Waals surface area contributed by atoms with E-state index in [1.54, 1.807) is 12.1 Å². The number of cyclic esters (lactones) is 1. The molecule has 1 N–H and O–H groups in total. The van der Waals surface area contributed by atoms with Gasteiger partial charge >= 0.3 is 5.97 Å². The molecule has 122 valence electrons. The Morgan fingerprint density at radius 3 is 2.55 bits per heavy atom. The molecule has 0 aromatic heterocycles. The lowest BCUT2D eigenvalue weighted by atomic mass is 9.95. The summed E-state index contributed by atoms with van der Waals surface area (Å²) in [6.07, 6.45) is 4.43. The largest absolute Gasteiger partial charge is 0.508 e. The lowest BCUT2D eigenvalue weighted by Crippen LogP contribution is -2.26. The van der Waals surface area contributed by atoms with Gasteiger partial charge in [-0.25, -0.2) is 0 Å². The third-order valence-corrected chi connectivity index (χ3v) is 8.06. The Morgan fingerprint density at radius 1 is 1.23 bits per heavy atom. The fourth-order valence-corrected chi connectivity index (χ4v) is 5.81. The molecule has 3 nitrogen and oxygen atoms in total. The highest BCUT2D eigenvalue weighted by Crippen LogP contribution is 2.34.